The first-order chi connectivity index (χ1) is 9.25. The summed E-state index contributed by atoms with van der Waals surface area (Å²) < 4.78 is 61.4. The van der Waals surface area contributed by atoms with Gasteiger partial charge in [0.05, 0.1) is 9.79 Å². The van der Waals surface area contributed by atoms with E-state index in [1.807, 2.05) is 0 Å². The molecule has 2 aromatic rings. The van der Waals surface area contributed by atoms with Crippen LogP contribution in [0.4, 0.5) is 4.39 Å². The number of hydrogen-bond acceptors (Lipinski definition) is 4. The topological polar surface area (TPSA) is 68.3 Å². The Morgan fingerprint density at radius 1 is 0.700 bits per heavy atom. The molecule has 0 bridgehead atoms. The van der Waals surface area contributed by atoms with Crippen LogP contribution in [-0.2, 0) is 17.7 Å². The fraction of sp³-hybridized carbons (Fsp3) is 0.0769. The molecule has 0 aliphatic heterocycles. The van der Waals surface area contributed by atoms with Crippen LogP contribution in [0.15, 0.2) is 58.3 Å². The van der Waals surface area contributed by atoms with Gasteiger partial charge in [-0.25, -0.2) is 21.2 Å². The average Bonchev–Trinajstić information content (AvgIpc) is 2.39. The van der Waals surface area contributed by atoms with Crippen LogP contribution in [0.3, 0.4) is 0 Å². The van der Waals surface area contributed by atoms with Gasteiger partial charge in [-0.15, -0.1) is 0 Å². The molecular formula is C13H11FO4S2. The number of benzene rings is 2. The minimum Gasteiger partial charge on any atom is -0.207 e. The average molecular weight is 314 g/mol. The molecule has 0 aliphatic carbocycles. The summed E-state index contributed by atoms with van der Waals surface area (Å²) in [4.78, 5) is -0.771. The second kappa shape index (κ2) is 4.99. The Kier molecular flexibility index (Phi) is 3.66. The molecular weight excluding hydrogens is 303 g/mol. The first-order valence-corrected chi connectivity index (χ1v) is 9.06. The zero-order chi connectivity index (χ0) is 15.0. The molecule has 0 radical (unpaired) electrons. The van der Waals surface area contributed by atoms with Crippen LogP contribution in [0.2, 0.25) is 0 Å². The maximum Gasteiger partial charge on any atom is 0.286 e. The van der Waals surface area contributed by atoms with Crippen molar-refractivity contribution in [1.82, 2.24) is 0 Å². The standard InChI is InChI=1S/C13H11FO4S2/c1-10-2-6-12(7-3-10)19(15,16)20(17,18)13-8-4-11(14)5-9-13/h2-9H,1H3. The second-order valence-electron chi connectivity index (χ2n) is 4.18. The van der Waals surface area contributed by atoms with Gasteiger partial charge < -0.3 is 0 Å². The van der Waals surface area contributed by atoms with E-state index < -0.39 is 28.5 Å². The van der Waals surface area contributed by atoms with Crippen molar-refractivity contribution in [2.24, 2.45) is 0 Å². The highest BCUT2D eigenvalue weighted by molar-refractivity contribution is 8.67. The lowest BCUT2D eigenvalue weighted by Crippen LogP contribution is -2.16. The van der Waals surface area contributed by atoms with E-state index in [0.29, 0.717) is 0 Å². The van der Waals surface area contributed by atoms with E-state index in [0.717, 1.165) is 29.8 Å². The van der Waals surface area contributed by atoms with E-state index >= 15 is 0 Å². The van der Waals surface area contributed by atoms with Crippen LogP contribution in [-0.4, -0.2) is 16.8 Å². The van der Waals surface area contributed by atoms with Crippen LogP contribution in [0.25, 0.3) is 0 Å². The van der Waals surface area contributed by atoms with Gasteiger partial charge in [-0.1, -0.05) is 17.7 Å². The van der Waals surface area contributed by atoms with Gasteiger partial charge in [0, 0.05) is 0 Å². The Bertz CT molecular complexity index is 747. The van der Waals surface area contributed by atoms with Crippen molar-refractivity contribution in [3.63, 3.8) is 0 Å². The molecule has 4 nitrogen and oxygen atoms in total. The molecule has 0 aromatic heterocycles. The van der Waals surface area contributed by atoms with E-state index in [1.165, 1.54) is 24.3 Å². The highest BCUT2D eigenvalue weighted by Gasteiger charge is 2.33. The van der Waals surface area contributed by atoms with Crippen molar-refractivity contribution in [2.75, 3.05) is 0 Å². The monoisotopic (exact) mass is 314 g/mol. The maximum absolute atomic E-state index is 12.8. The molecule has 0 N–H and O–H groups in total. The highest BCUT2D eigenvalue weighted by Crippen LogP contribution is 2.24. The molecule has 20 heavy (non-hydrogen) atoms. The maximum atomic E-state index is 12.8. The number of hydrogen-bond donors (Lipinski definition) is 0. The lowest BCUT2D eigenvalue weighted by atomic mass is 10.2. The zero-order valence-corrected chi connectivity index (χ0v) is 12.1. The molecule has 0 unspecified atom stereocenters. The molecule has 0 amide bonds. The van der Waals surface area contributed by atoms with Crippen LogP contribution >= 0.6 is 0 Å². The van der Waals surface area contributed by atoms with Crippen LogP contribution in [0, 0.1) is 12.7 Å². The minimum absolute atomic E-state index is 0.313. The SMILES string of the molecule is Cc1ccc(S(=O)(=O)S(=O)(=O)c2ccc(F)cc2)cc1. The smallest absolute Gasteiger partial charge is 0.207 e. The number of rotatable bonds is 3. The molecule has 0 aliphatic rings. The van der Waals surface area contributed by atoms with E-state index in [1.54, 1.807) is 6.92 Å². The third kappa shape index (κ3) is 2.46. The molecule has 2 rings (SSSR count). The van der Waals surface area contributed by atoms with Gasteiger partial charge in [0.25, 0.3) is 17.7 Å². The Morgan fingerprint density at radius 3 is 1.45 bits per heavy atom. The Balaban J connectivity index is 2.58. The van der Waals surface area contributed by atoms with Gasteiger partial charge in [-0.05, 0) is 43.3 Å². The molecule has 2 aromatic carbocycles. The summed E-state index contributed by atoms with van der Waals surface area (Å²) in [5.74, 6) is -0.642. The second-order valence-corrected chi connectivity index (χ2v) is 9.57. The van der Waals surface area contributed by atoms with E-state index in [-0.39, 0.29) is 4.90 Å². The van der Waals surface area contributed by atoms with Crippen molar-refractivity contribution in [3.05, 3.63) is 59.9 Å². The van der Waals surface area contributed by atoms with Gasteiger partial charge in [0.1, 0.15) is 5.82 Å². The first-order valence-electron chi connectivity index (χ1n) is 5.57. The van der Waals surface area contributed by atoms with Crippen LogP contribution < -0.4 is 0 Å². The summed E-state index contributed by atoms with van der Waals surface area (Å²) in [6.07, 6.45) is 0. The predicted molar refractivity (Wildman–Crippen MR) is 72.0 cm³/mol. The van der Waals surface area contributed by atoms with Gasteiger partial charge in [-0.3, -0.25) is 0 Å². The molecule has 7 heteroatoms. The van der Waals surface area contributed by atoms with E-state index in [9.17, 15) is 21.2 Å². The Morgan fingerprint density at radius 2 is 1.05 bits per heavy atom. The molecule has 0 atom stereocenters. The summed E-state index contributed by atoms with van der Waals surface area (Å²) in [6, 6.07) is 9.12. The van der Waals surface area contributed by atoms with Crippen molar-refractivity contribution < 1.29 is 21.2 Å². The van der Waals surface area contributed by atoms with Gasteiger partial charge in [0.2, 0.25) is 0 Å². The minimum atomic E-state index is -4.62. The van der Waals surface area contributed by atoms with Crippen LogP contribution in [0.1, 0.15) is 5.56 Å². The van der Waals surface area contributed by atoms with Crippen molar-refractivity contribution in [3.8, 4) is 0 Å². The third-order valence-electron chi connectivity index (χ3n) is 2.70. The van der Waals surface area contributed by atoms with Crippen LogP contribution in [0.5, 0.6) is 0 Å². The fourth-order valence-electron chi connectivity index (χ4n) is 1.56. The van der Waals surface area contributed by atoms with Crippen molar-refractivity contribution in [1.29, 1.82) is 0 Å². The normalized spacial score (nSPS) is 12.3. The lowest BCUT2D eigenvalue weighted by Gasteiger charge is -2.06. The quantitative estimate of drug-likeness (QED) is 0.815. The molecule has 0 saturated carbocycles. The molecule has 0 fully saturated rings. The first kappa shape index (κ1) is 14.7. The predicted octanol–water partition coefficient (Wildman–Crippen LogP) is 2.30. The molecule has 0 saturated heterocycles. The number of aryl methyl sites for hydroxylation is 1. The van der Waals surface area contributed by atoms with Crippen molar-refractivity contribution >= 4 is 17.7 Å². The summed E-state index contributed by atoms with van der Waals surface area (Å²) >= 11 is 0. The number of halogens is 1. The van der Waals surface area contributed by atoms with E-state index in [4.69, 9.17) is 0 Å². The molecule has 0 spiro atoms. The molecule has 0 heterocycles. The largest absolute Gasteiger partial charge is 0.286 e. The highest BCUT2D eigenvalue weighted by atomic mass is 33.2. The van der Waals surface area contributed by atoms with Gasteiger partial charge in [0.15, 0.2) is 0 Å². The Hall–Kier alpha value is -1.73. The lowest BCUT2D eigenvalue weighted by molar-refractivity contribution is 0.582. The molecule has 106 valence electrons. The van der Waals surface area contributed by atoms with Crippen molar-refractivity contribution in [2.45, 2.75) is 16.7 Å². The van der Waals surface area contributed by atoms with Gasteiger partial charge >= 0.3 is 0 Å². The third-order valence-corrected chi connectivity index (χ3v) is 7.87. The summed E-state index contributed by atoms with van der Waals surface area (Å²) in [7, 11) is -9.19. The Labute approximate surface area is 116 Å². The fourth-order valence-corrected chi connectivity index (χ4v) is 5.19. The summed E-state index contributed by atoms with van der Waals surface area (Å²) in [5.41, 5.74) is 0.808. The van der Waals surface area contributed by atoms with Gasteiger partial charge in [-0.2, -0.15) is 0 Å². The zero-order valence-electron chi connectivity index (χ0n) is 10.4. The summed E-state index contributed by atoms with van der Waals surface area (Å²) in [6.45, 7) is 1.75. The summed E-state index contributed by atoms with van der Waals surface area (Å²) in [5, 5.41) is 0. The van der Waals surface area contributed by atoms with E-state index in [2.05, 4.69) is 0 Å².